The Morgan fingerprint density at radius 2 is 1.57 bits per heavy atom. The van der Waals surface area contributed by atoms with Crippen molar-refractivity contribution < 1.29 is 13.2 Å². The molecule has 0 aliphatic carbocycles. The molecule has 0 radical (unpaired) electrons. The quantitative estimate of drug-likeness (QED) is 0.918. The molecule has 6 heteroatoms. The van der Waals surface area contributed by atoms with Crippen molar-refractivity contribution in [2.24, 2.45) is 0 Å². The van der Waals surface area contributed by atoms with Crippen LogP contribution in [-0.4, -0.2) is 25.2 Å². The molecule has 5 nitrogen and oxygen atoms in total. The van der Waals surface area contributed by atoms with Crippen molar-refractivity contribution in [3.05, 3.63) is 71.8 Å². The molecule has 108 valence electrons. The minimum atomic E-state index is -3.80. The van der Waals surface area contributed by atoms with Gasteiger partial charge in [0, 0.05) is 12.1 Å². The maximum absolute atomic E-state index is 12.6. The van der Waals surface area contributed by atoms with Crippen LogP contribution in [0.1, 0.15) is 22.0 Å². The molecule has 0 saturated carbocycles. The summed E-state index contributed by atoms with van der Waals surface area (Å²) in [5.41, 5.74) is 1.14. The zero-order valence-electron chi connectivity index (χ0n) is 11.1. The van der Waals surface area contributed by atoms with Gasteiger partial charge in [-0.15, -0.1) is 0 Å². The molecule has 0 unspecified atom stereocenters. The van der Waals surface area contributed by atoms with Gasteiger partial charge < -0.3 is 0 Å². The molecule has 0 bridgehead atoms. The number of rotatable bonds is 2. The van der Waals surface area contributed by atoms with Crippen LogP contribution in [0.15, 0.2) is 60.7 Å². The molecule has 1 amide bonds. The molecule has 0 aromatic heterocycles. The van der Waals surface area contributed by atoms with Gasteiger partial charge in [0.05, 0.1) is 6.04 Å². The normalized spacial score (nSPS) is 20.4. The number of hydrogen-bond acceptors (Lipinski definition) is 3. The van der Waals surface area contributed by atoms with Gasteiger partial charge in [0.15, 0.2) is 0 Å². The molecule has 21 heavy (non-hydrogen) atoms. The number of nitrogens with zero attached hydrogens (tertiary/aromatic N) is 1. The number of carbonyl (C=O) groups is 1. The molecular formula is C15H14N2O3S. The van der Waals surface area contributed by atoms with Crippen molar-refractivity contribution in [3.63, 3.8) is 0 Å². The van der Waals surface area contributed by atoms with E-state index in [1.807, 2.05) is 30.3 Å². The van der Waals surface area contributed by atoms with Gasteiger partial charge in [-0.3, -0.25) is 4.79 Å². The lowest BCUT2D eigenvalue weighted by atomic mass is 10.1. The van der Waals surface area contributed by atoms with E-state index in [0.717, 1.165) is 9.87 Å². The molecule has 3 rings (SSSR count). The maximum atomic E-state index is 12.6. The fourth-order valence-corrected chi connectivity index (χ4v) is 3.75. The number of hydrogen-bond donors (Lipinski definition) is 1. The third-order valence-corrected chi connectivity index (χ3v) is 4.88. The molecule has 2 aromatic rings. The van der Waals surface area contributed by atoms with Crippen LogP contribution in [0.4, 0.5) is 0 Å². The van der Waals surface area contributed by atoms with E-state index in [4.69, 9.17) is 0 Å². The summed E-state index contributed by atoms with van der Waals surface area (Å²) in [5.74, 6) is -0.519. The van der Waals surface area contributed by atoms with E-state index in [0.29, 0.717) is 5.56 Å². The first-order valence-corrected chi connectivity index (χ1v) is 7.97. The summed E-state index contributed by atoms with van der Waals surface area (Å²) in [4.78, 5) is 12.6. The molecule has 1 aliphatic rings. The zero-order valence-corrected chi connectivity index (χ0v) is 12.0. The van der Waals surface area contributed by atoms with E-state index >= 15 is 0 Å². The van der Waals surface area contributed by atoms with Crippen LogP contribution in [0.25, 0.3) is 0 Å². The van der Waals surface area contributed by atoms with Crippen molar-refractivity contribution >= 4 is 16.1 Å². The Hall–Kier alpha value is -2.18. The van der Waals surface area contributed by atoms with E-state index in [1.54, 1.807) is 30.3 Å². The molecule has 2 aromatic carbocycles. The van der Waals surface area contributed by atoms with Crippen molar-refractivity contribution in [1.29, 1.82) is 0 Å². The summed E-state index contributed by atoms with van der Waals surface area (Å²) >= 11 is 0. The molecule has 1 fully saturated rings. The van der Waals surface area contributed by atoms with E-state index in [-0.39, 0.29) is 6.54 Å². The third-order valence-electron chi connectivity index (χ3n) is 3.41. The first-order valence-electron chi connectivity index (χ1n) is 6.53. The minimum absolute atomic E-state index is 0.185. The Bertz CT molecular complexity index is 745. The highest BCUT2D eigenvalue weighted by molar-refractivity contribution is 7.88. The van der Waals surface area contributed by atoms with Crippen molar-refractivity contribution in [2.45, 2.75) is 6.04 Å². The second-order valence-electron chi connectivity index (χ2n) is 4.75. The Labute approximate surface area is 123 Å². The molecule has 1 N–H and O–H groups in total. The lowest BCUT2D eigenvalue weighted by Crippen LogP contribution is -2.36. The van der Waals surface area contributed by atoms with Gasteiger partial charge in [-0.2, -0.15) is 13.1 Å². The summed E-state index contributed by atoms with van der Waals surface area (Å²) in [7, 11) is -3.80. The van der Waals surface area contributed by atoms with Crippen LogP contribution in [0.5, 0.6) is 0 Å². The molecule has 0 spiro atoms. The highest BCUT2D eigenvalue weighted by Crippen LogP contribution is 2.29. The van der Waals surface area contributed by atoms with Crippen molar-refractivity contribution in [1.82, 2.24) is 9.03 Å². The Morgan fingerprint density at radius 1 is 1.00 bits per heavy atom. The number of nitrogens with one attached hydrogen (secondary N) is 1. The fourth-order valence-electron chi connectivity index (χ4n) is 2.39. The van der Waals surface area contributed by atoms with Crippen LogP contribution in [-0.2, 0) is 10.2 Å². The number of amides is 1. The van der Waals surface area contributed by atoms with Crippen molar-refractivity contribution in [2.75, 3.05) is 6.54 Å². The van der Waals surface area contributed by atoms with Crippen molar-refractivity contribution in [3.8, 4) is 0 Å². The van der Waals surface area contributed by atoms with E-state index in [2.05, 4.69) is 4.72 Å². The van der Waals surface area contributed by atoms with Gasteiger partial charge in [-0.25, -0.2) is 4.31 Å². The topological polar surface area (TPSA) is 66.5 Å². The third kappa shape index (κ3) is 2.55. The van der Waals surface area contributed by atoms with Gasteiger partial charge in [0.1, 0.15) is 0 Å². The van der Waals surface area contributed by atoms with Crippen LogP contribution in [0.3, 0.4) is 0 Å². The Kier molecular flexibility index (Phi) is 3.48. The van der Waals surface area contributed by atoms with E-state index in [9.17, 15) is 13.2 Å². The summed E-state index contributed by atoms with van der Waals surface area (Å²) in [6.07, 6.45) is 0. The standard InChI is InChI=1S/C15H14N2O3S/c18-15(13-9-5-2-6-10-13)17-14(11-16-21(17,19)20)12-7-3-1-4-8-12/h1-10,14,16H,11H2/t14-/m1/s1. The zero-order chi connectivity index (χ0) is 14.9. The molecule has 1 saturated heterocycles. The lowest BCUT2D eigenvalue weighted by molar-refractivity contribution is 0.0836. The predicted molar refractivity (Wildman–Crippen MR) is 78.7 cm³/mol. The first-order chi connectivity index (χ1) is 10.1. The maximum Gasteiger partial charge on any atom is 0.304 e. The molecule has 1 atom stereocenters. The Morgan fingerprint density at radius 3 is 2.19 bits per heavy atom. The van der Waals surface area contributed by atoms with Crippen LogP contribution in [0.2, 0.25) is 0 Å². The molecule has 1 heterocycles. The highest BCUT2D eigenvalue weighted by Gasteiger charge is 2.41. The summed E-state index contributed by atoms with van der Waals surface area (Å²) in [6, 6.07) is 17.0. The van der Waals surface area contributed by atoms with Gasteiger partial charge in [-0.05, 0) is 17.7 Å². The van der Waals surface area contributed by atoms with Crippen LogP contribution >= 0.6 is 0 Å². The minimum Gasteiger partial charge on any atom is -0.268 e. The SMILES string of the molecule is O=C(c1ccccc1)N1[C@@H](c2ccccc2)CNS1(=O)=O. The van der Waals surface area contributed by atoms with Crippen LogP contribution < -0.4 is 4.72 Å². The monoisotopic (exact) mass is 302 g/mol. The predicted octanol–water partition coefficient (Wildman–Crippen LogP) is 1.72. The number of carbonyl (C=O) groups excluding carboxylic acids is 1. The number of benzene rings is 2. The summed E-state index contributed by atoms with van der Waals surface area (Å²) in [5, 5.41) is 0. The van der Waals surface area contributed by atoms with Gasteiger partial charge in [-0.1, -0.05) is 48.5 Å². The molecule has 1 aliphatic heterocycles. The van der Waals surface area contributed by atoms with E-state index in [1.165, 1.54) is 0 Å². The largest absolute Gasteiger partial charge is 0.304 e. The average Bonchev–Trinajstić information content (AvgIpc) is 2.84. The summed E-state index contributed by atoms with van der Waals surface area (Å²) < 4.78 is 27.7. The first kappa shape index (κ1) is 13.8. The Balaban J connectivity index is 2.02. The van der Waals surface area contributed by atoms with Gasteiger partial charge >= 0.3 is 10.2 Å². The summed E-state index contributed by atoms with van der Waals surface area (Å²) in [6.45, 7) is 0.185. The lowest BCUT2D eigenvalue weighted by Gasteiger charge is -2.22. The average molecular weight is 302 g/mol. The van der Waals surface area contributed by atoms with Gasteiger partial charge in [0.25, 0.3) is 5.91 Å². The van der Waals surface area contributed by atoms with Crippen LogP contribution in [0, 0.1) is 0 Å². The second kappa shape index (κ2) is 5.31. The molecular weight excluding hydrogens is 288 g/mol. The smallest absolute Gasteiger partial charge is 0.268 e. The highest BCUT2D eigenvalue weighted by atomic mass is 32.2. The van der Waals surface area contributed by atoms with Gasteiger partial charge in [0.2, 0.25) is 0 Å². The fraction of sp³-hybridized carbons (Fsp3) is 0.133. The van der Waals surface area contributed by atoms with E-state index < -0.39 is 22.2 Å². The second-order valence-corrected chi connectivity index (χ2v) is 6.38.